The summed E-state index contributed by atoms with van der Waals surface area (Å²) in [5, 5.41) is 28.8. The number of allylic oxidation sites excluding steroid dienone is 10. The number of carbonyl (C=O) groups excluding carboxylic acids is 2. The molecule has 0 amide bonds. The van der Waals surface area contributed by atoms with Gasteiger partial charge in [-0.25, -0.2) is 4.57 Å². The average Bonchev–Trinajstić information content (AvgIpc) is 3.21. The number of hydrogen-bond acceptors (Lipinski definition) is 11. The number of carbonyl (C=O) groups is 3. The minimum atomic E-state index is -4.77. The number of carboxylic acids is 1. The van der Waals surface area contributed by atoms with Crippen molar-refractivity contribution in [1.82, 2.24) is 0 Å². The minimum Gasteiger partial charge on any atom is -0.480 e. The van der Waals surface area contributed by atoms with Crippen LogP contribution in [0.25, 0.3) is 0 Å². The van der Waals surface area contributed by atoms with E-state index in [0.29, 0.717) is 32.1 Å². The second-order valence-electron chi connectivity index (χ2n) is 14.5. The van der Waals surface area contributed by atoms with Crippen LogP contribution in [0.1, 0.15) is 142 Å². The first-order valence-electron chi connectivity index (χ1n) is 21.8. The van der Waals surface area contributed by atoms with Gasteiger partial charge in [-0.05, 0) is 64.2 Å². The van der Waals surface area contributed by atoms with Crippen molar-refractivity contribution in [3.63, 3.8) is 0 Å². The van der Waals surface area contributed by atoms with Crippen molar-refractivity contribution in [2.24, 2.45) is 5.73 Å². The summed E-state index contributed by atoms with van der Waals surface area (Å²) >= 11 is 0. The van der Waals surface area contributed by atoms with Gasteiger partial charge in [-0.1, -0.05) is 150 Å². The predicted octanol–water partition coefficient (Wildman–Crippen LogP) is 9.44. The van der Waals surface area contributed by atoms with Gasteiger partial charge in [0.25, 0.3) is 0 Å². The Kier molecular flexibility index (Phi) is 37.4. The van der Waals surface area contributed by atoms with E-state index in [1.165, 1.54) is 44.9 Å². The Hall–Kier alpha value is -3.42. The minimum absolute atomic E-state index is 0.0255. The number of phosphoric acid groups is 1. The van der Waals surface area contributed by atoms with E-state index in [-0.39, 0.29) is 12.8 Å². The van der Waals surface area contributed by atoms with Crippen LogP contribution in [-0.4, -0.2) is 82.3 Å². The number of nitrogens with two attached hydrogens (primary N) is 1. The standard InChI is InChI=1S/C46H76NO12P/c1-3-5-7-8-9-10-11-12-13-14-15-16-17-21-29-35-44(50)56-37-42(38-57-60(54,55)58-39-43(47)46(52)53)59-45(51)36-30-22-19-18-20-26-32-41(49)34-28-24-23-27-33-40(48)31-25-6-4-2/h6,10-11,19-20,22-28,33-34,40-43,48-49H,3-5,7-9,12-18,21,29-32,35-39,47H2,1-2H3,(H,52,53)(H,54,55)/b11-10-,22-19-,24-23-,25-6-,26-20-,33-27+,34-28+/t40-,41+,42+,43-/m0/s1. The van der Waals surface area contributed by atoms with E-state index in [9.17, 15) is 34.1 Å². The molecule has 0 heterocycles. The lowest BCUT2D eigenvalue weighted by atomic mass is 10.1. The molecule has 0 aliphatic heterocycles. The van der Waals surface area contributed by atoms with Crippen molar-refractivity contribution < 1.29 is 57.7 Å². The smallest absolute Gasteiger partial charge is 0.472 e. The van der Waals surface area contributed by atoms with Crippen LogP contribution in [0.3, 0.4) is 0 Å². The number of carboxylic acid groups (broad SMARTS) is 1. The van der Waals surface area contributed by atoms with Gasteiger partial charge in [0.15, 0.2) is 6.10 Å². The topological polar surface area (TPSA) is 212 Å². The van der Waals surface area contributed by atoms with E-state index < -0.39 is 69.9 Å². The Balaban J connectivity index is 4.63. The third-order valence-corrected chi connectivity index (χ3v) is 9.76. The first-order valence-corrected chi connectivity index (χ1v) is 23.3. The predicted molar refractivity (Wildman–Crippen MR) is 238 cm³/mol. The van der Waals surface area contributed by atoms with E-state index in [1.807, 2.05) is 37.3 Å². The first-order chi connectivity index (χ1) is 28.9. The molecule has 0 aromatic rings. The van der Waals surface area contributed by atoms with Crippen LogP contribution in [-0.2, 0) is 37.5 Å². The third kappa shape index (κ3) is 38.8. The van der Waals surface area contributed by atoms with E-state index in [4.69, 9.17) is 24.8 Å². The van der Waals surface area contributed by atoms with E-state index in [0.717, 1.165) is 38.5 Å². The number of aliphatic hydroxyl groups excluding tert-OH is 2. The Morgan fingerprint density at radius 1 is 0.617 bits per heavy atom. The molecule has 0 aliphatic rings. The van der Waals surface area contributed by atoms with E-state index in [2.05, 4.69) is 23.6 Å². The van der Waals surface area contributed by atoms with E-state index in [1.54, 1.807) is 42.5 Å². The molecule has 0 rings (SSSR count). The van der Waals surface area contributed by atoms with Crippen LogP contribution in [0.5, 0.6) is 0 Å². The summed E-state index contributed by atoms with van der Waals surface area (Å²) in [4.78, 5) is 45.9. The molecule has 0 aromatic carbocycles. The zero-order valence-corrected chi connectivity index (χ0v) is 37.1. The molecule has 1 unspecified atom stereocenters. The maximum Gasteiger partial charge on any atom is 0.472 e. The molecular weight excluding hydrogens is 789 g/mol. The molecule has 0 spiro atoms. The van der Waals surface area contributed by atoms with Gasteiger partial charge in [0.2, 0.25) is 0 Å². The molecule has 0 saturated heterocycles. The van der Waals surface area contributed by atoms with Crippen molar-refractivity contribution in [2.45, 2.75) is 167 Å². The number of esters is 2. The molecule has 60 heavy (non-hydrogen) atoms. The van der Waals surface area contributed by atoms with Crippen molar-refractivity contribution in [3.05, 3.63) is 85.1 Å². The van der Waals surface area contributed by atoms with E-state index >= 15 is 0 Å². The Labute approximate surface area is 359 Å². The quantitative estimate of drug-likeness (QED) is 0.0128. The summed E-state index contributed by atoms with van der Waals surface area (Å²) in [6.07, 6.45) is 41.5. The molecule has 0 bridgehead atoms. The normalized spacial score (nSPS) is 15.6. The molecule has 5 atom stereocenters. The number of unbranched alkanes of at least 4 members (excludes halogenated alkanes) is 11. The number of ether oxygens (including phenoxy) is 2. The summed E-state index contributed by atoms with van der Waals surface area (Å²) in [6, 6.07) is -1.56. The molecule has 14 heteroatoms. The third-order valence-electron chi connectivity index (χ3n) is 8.81. The van der Waals surface area contributed by atoms with Crippen molar-refractivity contribution >= 4 is 25.7 Å². The number of aliphatic hydroxyl groups is 2. The van der Waals surface area contributed by atoms with Crippen molar-refractivity contribution in [1.29, 1.82) is 0 Å². The summed E-state index contributed by atoms with van der Waals surface area (Å²) in [7, 11) is -4.77. The highest BCUT2D eigenvalue weighted by Gasteiger charge is 2.28. The summed E-state index contributed by atoms with van der Waals surface area (Å²) in [5.74, 6) is -2.59. The van der Waals surface area contributed by atoms with Gasteiger partial charge in [0.05, 0.1) is 25.4 Å². The van der Waals surface area contributed by atoms with Gasteiger partial charge in [0, 0.05) is 12.8 Å². The monoisotopic (exact) mass is 866 g/mol. The Morgan fingerprint density at radius 3 is 1.75 bits per heavy atom. The second-order valence-corrected chi connectivity index (χ2v) is 15.9. The number of phosphoric ester groups is 1. The van der Waals surface area contributed by atoms with Crippen LogP contribution in [0, 0.1) is 0 Å². The maximum absolute atomic E-state index is 12.6. The lowest BCUT2D eigenvalue weighted by molar-refractivity contribution is -0.161. The summed E-state index contributed by atoms with van der Waals surface area (Å²) in [5.41, 5.74) is 5.32. The highest BCUT2D eigenvalue weighted by atomic mass is 31.2. The SMILES string of the molecule is CC/C=C\C[C@H](O)/C=C/C=C\C=C\[C@H](O)C/C=C\C/C=C\CCC(=O)O[C@H](COC(=O)CCCCCCCCC/C=C\CCCCCC)COP(=O)(O)OC[C@H](N)C(=O)O. The fourth-order valence-corrected chi connectivity index (χ4v) is 6.10. The first kappa shape index (κ1) is 56.6. The zero-order valence-electron chi connectivity index (χ0n) is 36.2. The highest BCUT2D eigenvalue weighted by molar-refractivity contribution is 7.47. The highest BCUT2D eigenvalue weighted by Crippen LogP contribution is 2.43. The fraction of sp³-hybridized carbons (Fsp3) is 0.630. The zero-order chi connectivity index (χ0) is 44.5. The molecule has 13 nitrogen and oxygen atoms in total. The molecule has 0 saturated carbocycles. The Morgan fingerprint density at radius 2 is 1.15 bits per heavy atom. The van der Waals surface area contributed by atoms with Gasteiger partial charge in [-0.2, -0.15) is 0 Å². The van der Waals surface area contributed by atoms with Crippen LogP contribution in [0.4, 0.5) is 0 Å². The molecule has 0 aromatic heterocycles. The average molecular weight is 866 g/mol. The van der Waals surface area contributed by atoms with Crippen LogP contribution in [0.2, 0.25) is 0 Å². The summed E-state index contributed by atoms with van der Waals surface area (Å²) in [6.45, 7) is 2.40. The van der Waals surface area contributed by atoms with Gasteiger partial charge >= 0.3 is 25.7 Å². The van der Waals surface area contributed by atoms with Crippen LogP contribution in [0.15, 0.2) is 85.1 Å². The lowest BCUT2D eigenvalue weighted by Gasteiger charge is -2.20. The molecule has 0 radical (unpaired) electrons. The van der Waals surface area contributed by atoms with Gasteiger partial charge in [-0.15, -0.1) is 0 Å². The van der Waals surface area contributed by atoms with Gasteiger partial charge in [-0.3, -0.25) is 23.4 Å². The molecule has 0 fully saturated rings. The van der Waals surface area contributed by atoms with Gasteiger partial charge in [0.1, 0.15) is 12.6 Å². The van der Waals surface area contributed by atoms with Crippen LogP contribution >= 0.6 is 7.82 Å². The molecule has 6 N–H and O–H groups in total. The van der Waals surface area contributed by atoms with Crippen LogP contribution < -0.4 is 5.73 Å². The van der Waals surface area contributed by atoms with Gasteiger partial charge < -0.3 is 35.4 Å². The Bertz CT molecular complexity index is 1370. The van der Waals surface area contributed by atoms with Crippen molar-refractivity contribution in [2.75, 3.05) is 19.8 Å². The van der Waals surface area contributed by atoms with Crippen molar-refractivity contribution in [3.8, 4) is 0 Å². The summed E-state index contributed by atoms with van der Waals surface area (Å²) < 4.78 is 32.5. The maximum atomic E-state index is 12.6. The molecular formula is C46H76NO12P. The molecule has 342 valence electrons. The number of aliphatic carboxylic acids is 1. The number of rotatable bonds is 39. The molecule has 0 aliphatic carbocycles. The number of hydrogen-bond donors (Lipinski definition) is 5. The lowest BCUT2D eigenvalue weighted by Crippen LogP contribution is -2.34. The second kappa shape index (κ2) is 39.7. The largest absolute Gasteiger partial charge is 0.480 e. The fourth-order valence-electron chi connectivity index (χ4n) is 5.32.